The van der Waals surface area contributed by atoms with E-state index in [0.717, 1.165) is 31.0 Å². The maximum absolute atomic E-state index is 13.1. The Morgan fingerprint density at radius 1 is 1.24 bits per heavy atom. The number of fused-ring (bicyclic) bond motifs is 1. The molecule has 7 nitrogen and oxygen atoms in total. The summed E-state index contributed by atoms with van der Waals surface area (Å²) in [6.07, 6.45) is 1.95. The van der Waals surface area contributed by atoms with Crippen LogP contribution in [0.4, 0.5) is 0 Å². The van der Waals surface area contributed by atoms with Crippen LogP contribution in [-0.2, 0) is 0 Å². The molecule has 4 rings (SSSR count). The number of rotatable bonds is 2. The first kappa shape index (κ1) is 15.9. The molecule has 1 aromatic heterocycles. The van der Waals surface area contributed by atoms with Crippen LogP contribution in [0.5, 0.6) is 11.5 Å². The number of carbonyl (C=O) groups is 1. The predicted octanol–water partition coefficient (Wildman–Crippen LogP) is 2.14. The zero-order valence-corrected chi connectivity index (χ0v) is 14.6. The van der Waals surface area contributed by atoms with E-state index in [1.165, 1.54) is 0 Å². The number of para-hydroxylation sites is 1. The van der Waals surface area contributed by atoms with Crippen LogP contribution in [0.25, 0.3) is 0 Å². The van der Waals surface area contributed by atoms with Gasteiger partial charge in [0.05, 0.1) is 11.6 Å². The zero-order chi connectivity index (χ0) is 17.4. The van der Waals surface area contributed by atoms with Gasteiger partial charge in [-0.15, -0.1) is 0 Å². The summed E-state index contributed by atoms with van der Waals surface area (Å²) in [7, 11) is 0. The third-order valence-electron chi connectivity index (χ3n) is 4.73. The van der Waals surface area contributed by atoms with Gasteiger partial charge in [0.1, 0.15) is 24.9 Å². The molecule has 7 heteroatoms. The third-order valence-corrected chi connectivity index (χ3v) is 4.73. The van der Waals surface area contributed by atoms with Crippen LogP contribution in [0.1, 0.15) is 40.9 Å². The average Bonchev–Trinajstić information content (AvgIpc) is 2.99. The molecule has 1 amide bonds. The number of hydrogen-bond acceptors (Lipinski definition) is 5. The van der Waals surface area contributed by atoms with Crippen molar-refractivity contribution in [2.24, 2.45) is 0 Å². The lowest BCUT2D eigenvalue weighted by atomic mass is 10.0. The molecule has 0 N–H and O–H groups in total. The molecule has 0 bridgehead atoms. The maximum Gasteiger partial charge on any atom is 0.257 e. The van der Waals surface area contributed by atoms with Crippen molar-refractivity contribution in [2.75, 3.05) is 26.3 Å². The van der Waals surface area contributed by atoms with Crippen molar-refractivity contribution in [3.05, 3.63) is 35.4 Å². The summed E-state index contributed by atoms with van der Waals surface area (Å²) in [5.41, 5.74) is 0.573. The lowest BCUT2D eigenvalue weighted by Crippen LogP contribution is -2.41. The van der Waals surface area contributed by atoms with Gasteiger partial charge >= 0.3 is 0 Å². The van der Waals surface area contributed by atoms with E-state index >= 15 is 0 Å². The second-order valence-corrected chi connectivity index (χ2v) is 6.53. The van der Waals surface area contributed by atoms with Crippen molar-refractivity contribution < 1.29 is 14.3 Å². The van der Waals surface area contributed by atoms with Gasteiger partial charge in [-0.05, 0) is 38.8 Å². The maximum atomic E-state index is 13.1. The SMILES string of the molecule is Cc1nc(C)n([C@H]2CCCN(C(=O)c3cccc4c3OCCO4)C2)n1. The fourth-order valence-electron chi connectivity index (χ4n) is 3.63. The van der Waals surface area contributed by atoms with E-state index in [1.807, 2.05) is 41.6 Å². The molecule has 2 aromatic rings. The molecule has 1 atom stereocenters. The fourth-order valence-corrected chi connectivity index (χ4v) is 3.63. The first-order valence-electron chi connectivity index (χ1n) is 8.71. The number of hydrogen-bond donors (Lipinski definition) is 0. The molecule has 0 unspecified atom stereocenters. The van der Waals surface area contributed by atoms with Gasteiger partial charge in [0.2, 0.25) is 0 Å². The molecule has 2 aliphatic heterocycles. The third kappa shape index (κ3) is 2.94. The van der Waals surface area contributed by atoms with Crippen LogP contribution in [0, 0.1) is 13.8 Å². The van der Waals surface area contributed by atoms with Crippen molar-refractivity contribution in [3.63, 3.8) is 0 Å². The second kappa shape index (κ2) is 6.38. The summed E-state index contributed by atoms with van der Waals surface area (Å²) >= 11 is 0. The van der Waals surface area contributed by atoms with E-state index in [1.54, 1.807) is 0 Å². The standard InChI is InChI=1S/C18H22N4O3/c1-12-19-13(2)22(20-12)14-5-4-8-21(11-14)18(23)15-6-3-7-16-17(15)25-10-9-24-16/h3,6-7,14H,4-5,8-11H2,1-2H3/t14-/m0/s1. The Hall–Kier alpha value is -2.57. The topological polar surface area (TPSA) is 69.5 Å². The predicted molar refractivity (Wildman–Crippen MR) is 91.1 cm³/mol. The minimum atomic E-state index is -0.0125. The number of piperidine rings is 1. The number of benzene rings is 1. The Balaban J connectivity index is 1.57. The van der Waals surface area contributed by atoms with E-state index in [0.29, 0.717) is 36.8 Å². The molecule has 3 heterocycles. The monoisotopic (exact) mass is 342 g/mol. The number of ether oxygens (including phenoxy) is 2. The Morgan fingerprint density at radius 2 is 2.08 bits per heavy atom. The number of aryl methyl sites for hydroxylation is 2. The minimum absolute atomic E-state index is 0.0125. The summed E-state index contributed by atoms with van der Waals surface area (Å²) in [6.45, 7) is 6.21. The molecule has 25 heavy (non-hydrogen) atoms. The fraction of sp³-hybridized carbons (Fsp3) is 0.500. The zero-order valence-electron chi connectivity index (χ0n) is 14.6. The number of nitrogens with zero attached hydrogens (tertiary/aromatic N) is 4. The summed E-state index contributed by atoms with van der Waals surface area (Å²) in [5.74, 6) is 2.86. The number of likely N-dealkylation sites (tertiary alicyclic amines) is 1. The molecule has 0 aliphatic carbocycles. The van der Waals surface area contributed by atoms with Gasteiger partial charge in [0.25, 0.3) is 5.91 Å². The van der Waals surface area contributed by atoms with Gasteiger partial charge in [-0.2, -0.15) is 5.10 Å². The average molecular weight is 342 g/mol. The number of carbonyl (C=O) groups excluding carboxylic acids is 1. The largest absolute Gasteiger partial charge is 0.486 e. The Bertz CT molecular complexity index is 802. The smallest absolute Gasteiger partial charge is 0.257 e. The summed E-state index contributed by atoms with van der Waals surface area (Å²) < 4.78 is 13.2. The number of amides is 1. The van der Waals surface area contributed by atoms with Crippen LogP contribution < -0.4 is 9.47 Å². The first-order chi connectivity index (χ1) is 12.1. The molecule has 1 aromatic carbocycles. The molecule has 0 saturated carbocycles. The lowest BCUT2D eigenvalue weighted by molar-refractivity contribution is 0.0661. The highest BCUT2D eigenvalue weighted by molar-refractivity contribution is 5.98. The lowest BCUT2D eigenvalue weighted by Gasteiger charge is -2.33. The summed E-state index contributed by atoms with van der Waals surface area (Å²) in [5, 5.41) is 4.49. The van der Waals surface area contributed by atoms with Crippen LogP contribution in [0.15, 0.2) is 18.2 Å². The first-order valence-corrected chi connectivity index (χ1v) is 8.71. The van der Waals surface area contributed by atoms with Crippen LogP contribution in [-0.4, -0.2) is 51.9 Å². The molecular formula is C18H22N4O3. The van der Waals surface area contributed by atoms with E-state index in [2.05, 4.69) is 10.1 Å². The van der Waals surface area contributed by atoms with Gasteiger partial charge in [0, 0.05) is 13.1 Å². The van der Waals surface area contributed by atoms with Crippen LogP contribution in [0.2, 0.25) is 0 Å². The van der Waals surface area contributed by atoms with Crippen LogP contribution in [0.3, 0.4) is 0 Å². The van der Waals surface area contributed by atoms with Gasteiger partial charge < -0.3 is 14.4 Å². The quantitative estimate of drug-likeness (QED) is 0.836. The molecule has 0 radical (unpaired) electrons. The second-order valence-electron chi connectivity index (χ2n) is 6.53. The van der Waals surface area contributed by atoms with Crippen molar-refractivity contribution in [1.82, 2.24) is 19.7 Å². The van der Waals surface area contributed by atoms with E-state index in [9.17, 15) is 4.79 Å². The van der Waals surface area contributed by atoms with Crippen molar-refractivity contribution in [1.29, 1.82) is 0 Å². The molecule has 1 fully saturated rings. The van der Waals surface area contributed by atoms with Crippen molar-refractivity contribution in [3.8, 4) is 11.5 Å². The van der Waals surface area contributed by atoms with Gasteiger partial charge in [-0.1, -0.05) is 6.07 Å². The summed E-state index contributed by atoms with van der Waals surface area (Å²) in [6, 6.07) is 5.65. The Kier molecular flexibility index (Phi) is 4.07. The molecular weight excluding hydrogens is 320 g/mol. The van der Waals surface area contributed by atoms with Gasteiger partial charge in [-0.25, -0.2) is 9.67 Å². The normalized spacial score (nSPS) is 19.8. The highest BCUT2D eigenvalue weighted by Gasteiger charge is 2.30. The minimum Gasteiger partial charge on any atom is -0.486 e. The van der Waals surface area contributed by atoms with Crippen LogP contribution >= 0.6 is 0 Å². The molecule has 0 spiro atoms. The Morgan fingerprint density at radius 3 is 2.88 bits per heavy atom. The highest BCUT2D eigenvalue weighted by atomic mass is 16.6. The summed E-state index contributed by atoms with van der Waals surface area (Å²) in [4.78, 5) is 19.4. The van der Waals surface area contributed by atoms with E-state index < -0.39 is 0 Å². The van der Waals surface area contributed by atoms with Crippen molar-refractivity contribution >= 4 is 5.91 Å². The van der Waals surface area contributed by atoms with Gasteiger partial charge in [-0.3, -0.25) is 4.79 Å². The number of aromatic nitrogens is 3. The van der Waals surface area contributed by atoms with E-state index in [-0.39, 0.29) is 11.9 Å². The van der Waals surface area contributed by atoms with Gasteiger partial charge in [0.15, 0.2) is 11.5 Å². The molecule has 2 aliphatic rings. The highest BCUT2D eigenvalue weighted by Crippen LogP contribution is 2.35. The Labute approximate surface area is 146 Å². The van der Waals surface area contributed by atoms with Crippen molar-refractivity contribution in [2.45, 2.75) is 32.7 Å². The molecule has 132 valence electrons. The molecule has 1 saturated heterocycles. The van der Waals surface area contributed by atoms with E-state index in [4.69, 9.17) is 9.47 Å².